The lowest BCUT2D eigenvalue weighted by molar-refractivity contribution is 0.0606. The van der Waals surface area contributed by atoms with Crippen molar-refractivity contribution >= 4 is 51.4 Å². The minimum Gasteiger partial charge on any atom is -0.465 e. The summed E-state index contributed by atoms with van der Waals surface area (Å²) in [6.45, 7) is 4.19. The standard InChI is InChI=1S/C20H26Cl2N4O3S/c1-11-16(21)17(22)18(24-11)14(27)7-12-5-6-26(10-13(12)9-25(2)3)20-23-8-15(30-20)19(28)29-4/h8,12-13,24H,5-7,9-10H2,1-4H3. The van der Waals surface area contributed by atoms with E-state index < -0.39 is 0 Å². The van der Waals surface area contributed by atoms with Crippen LogP contribution in [-0.4, -0.2) is 67.5 Å². The van der Waals surface area contributed by atoms with Crippen molar-refractivity contribution in [2.24, 2.45) is 11.8 Å². The van der Waals surface area contributed by atoms with Gasteiger partial charge in [0.15, 0.2) is 10.9 Å². The Balaban J connectivity index is 1.73. The first-order valence-corrected chi connectivity index (χ1v) is 11.3. The van der Waals surface area contributed by atoms with E-state index in [0.29, 0.717) is 32.7 Å². The van der Waals surface area contributed by atoms with E-state index >= 15 is 0 Å². The van der Waals surface area contributed by atoms with Gasteiger partial charge in [0.2, 0.25) is 0 Å². The van der Waals surface area contributed by atoms with Crippen molar-refractivity contribution in [1.29, 1.82) is 0 Å². The lowest BCUT2D eigenvalue weighted by Crippen LogP contribution is -2.45. The maximum Gasteiger partial charge on any atom is 0.349 e. The Morgan fingerprint density at radius 2 is 2.07 bits per heavy atom. The number of thiazole rings is 1. The maximum absolute atomic E-state index is 12.9. The first-order chi connectivity index (χ1) is 14.2. The molecular formula is C20H26Cl2N4O3S. The van der Waals surface area contributed by atoms with E-state index in [1.807, 2.05) is 14.1 Å². The van der Waals surface area contributed by atoms with Crippen molar-refractivity contribution < 1.29 is 14.3 Å². The third kappa shape index (κ3) is 4.99. The lowest BCUT2D eigenvalue weighted by Gasteiger charge is -2.39. The summed E-state index contributed by atoms with van der Waals surface area (Å²) in [6, 6.07) is 0. The molecule has 0 amide bonds. The zero-order valence-corrected chi connectivity index (χ0v) is 19.8. The largest absolute Gasteiger partial charge is 0.465 e. The van der Waals surface area contributed by atoms with Gasteiger partial charge in [-0.15, -0.1) is 0 Å². The fraction of sp³-hybridized carbons (Fsp3) is 0.550. The van der Waals surface area contributed by atoms with Crippen LogP contribution in [0.15, 0.2) is 6.20 Å². The molecule has 1 saturated heterocycles. The van der Waals surface area contributed by atoms with Crippen molar-refractivity contribution in [2.75, 3.05) is 45.7 Å². The molecule has 2 aromatic rings. The first-order valence-electron chi connectivity index (χ1n) is 9.71. The molecule has 3 rings (SSSR count). The number of piperidine rings is 1. The molecule has 2 aromatic heterocycles. The van der Waals surface area contributed by atoms with Gasteiger partial charge in [0.25, 0.3) is 0 Å². The number of methoxy groups -OCH3 is 1. The van der Waals surface area contributed by atoms with Crippen LogP contribution in [0.25, 0.3) is 0 Å². The molecule has 0 spiro atoms. The molecule has 164 valence electrons. The summed E-state index contributed by atoms with van der Waals surface area (Å²) in [5, 5.41) is 1.52. The number of hydrogen-bond acceptors (Lipinski definition) is 7. The van der Waals surface area contributed by atoms with Gasteiger partial charge in [-0.2, -0.15) is 0 Å². The summed E-state index contributed by atoms with van der Waals surface area (Å²) >= 11 is 13.7. The molecule has 3 heterocycles. The topological polar surface area (TPSA) is 78.5 Å². The number of rotatable bonds is 7. The lowest BCUT2D eigenvalue weighted by atomic mass is 9.81. The van der Waals surface area contributed by atoms with Crippen LogP contribution in [0.5, 0.6) is 0 Å². The fourth-order valence-corrected chi connectivity index (χ4v) is 5.21. The number of Topliss-reactive ketones (excluding diaryl/α,β-unsaturated/α-hetero) is 1. The second-order valence-electron chi connectivity index (χ2n) is 7.90. The van der Waals surface area contributed by atoms with Crippen molar-refractivity contribution in [3.63, 3.8) is 0 Å². The molecule has 0 saturated carbocycles. The number of aromatic amines is 1. The Morgan fingerprint density at radius 1 is 1.33 bits per heavy atom. The van der Waals surface area contributed by atoms with E-state index in [1.165, 1.54) is 18.4 Å². The summed E-state index contributed by atoms with van der Waals surface area (Å²) < 4.78 is 4.78. The van der Waals surface area contributed by atoms with Crippen LogP contribution in [0.2, 0.25) is 10.0 Å². The number of aromatic nitrogens is 2. The number of carbonyl (C=O) groups excluding carboxylic acids is 2. The predicted octanol–water partition coefficient (Wildman–Crippen LogP) is 4.15. The van der Waals surface area contributed by atoms with Crippen LogP contribution in [0.4, 0.5) is 5.13 Å². The number of aryl methyl sites for hydroxylation is 1. The summed E-state index contributed by atoms with van der Waals surface area (Å²) in [5.74, 6) is 0.100. The predicted molar refractivity (Wildman–Crippen MR) is 120 cm³/mol. The molecule has 1 aliphatic heterocycles. The van der Waals surface area contributed by atoms with Crippen LogP contribution in [0.1, 0.15) is 38.7 Å². The molecule has 1 aliphatic rings. The normalized spacial score (nSPS) is 19.4. The van der Waals surface area contributed by atoms with E-state index in [0.717, 1.165) is 31.2 Å². The van der Waals surface area contributed by atoms with Crippen molar-refractivity contribution in [3.8, 4) is 0 Å². The Labute approximate surface area is 190 Å². The monoisotopic (exact) mass is 472 g/mol. The van der Waals surface area contributed by atoms with Crippen LogP contribution < -0.4 is 4.90 Å². The third-order valence-electron chi connectivity index (χ3n) is 5.42. The van der Waals surface area contributed by atoms with Gasteiger partial charge in [-0.25, -0.2) is 9.78 Å². The summed E-state index contributed by atoms with van der Waals surface area (Å²) in [4.78, 5) is 36.9. The number of nitrogens with one attached hydrogen (secondary N) is 1. The van der Waals surface area contributed by atoms with Gasteiger partial charge in [0.05, 0.1) is 23.4 Å². The average molecular weight is 473 g/mol. The molecule has 0 aromatic carbocycles. The summed E-state index contributed by atoms with van der Waals surface area (Å²) in [7, 11) is 5.42. The second-order valence-corrected chi connectivity index (χ2v) is 9.66. The Kier molecular flexibility index (Phi) is 7.44. The van der Waals surface area contributed by atoms with Gasteiger partial charge in [0, 0.05) is 31.7 Å². The highest BCUT2D eigenvalue weighted by Crippen LogP contribution is 2.35. The van der Waals surface area contributed by atoms with Gasteiger partial charge < -0.3 is 19.5 Å². The zero-order valence-electron chi connectivity index (χ0n) is 17.5. The molecule has 1 fully saturated rings. The van der Waals surface area contributed by atoms with Crippen LogP contribution in [-0.2, 0) is 4.74 Å². The number of halogens is 2. The molecule has 0 bridgehead atoms. The maximum atomic E-state index is 12.9. The highest BCUT2D eigenvalue weighted by molar-refractivity contribution is 7.17. The van der Waals surface area contributed by atoms with Gasteiger partial charge >= 0.3 is 5.97 Å². The van der Waals surface area contributed by atoms with Crippen molar-refractivity contribution in [3.05, 3.63) is 32.5 Å². The number of nitrogens with zero attached hydrogens (tertiary/aromatic N) is 3. The highest BCUT2D eigenvalue weighted by Gasteiger charge is 2.33. The number of anilines is 1. The van der Waals surface area contributed by atoms with Gasteiger partial charge in [-0.1, -0.05) is 34.5 Å². The summed E-state index contributed by atoms with van der Waals surface area (Å²) in [5.41, 5.74) is 1.10. The second kappa shape index (κ2) is 9.68. The Morgan fingerprint density at radius 3 is 2.67 bits per heavy atom. The van der Waals surface area contributed by atoms with E-state index in [9.17, 15) is 9.59 Å². The molecule has 2 unspecified atom stereocenters. The molecule has 0 radical (unpaired) electrons. The van der Waals surface area contributed by atoms with Crippen LogP contribution >= 0.6 is 34.5 Å². The number of hydrogen-bond donors (Lipinski definition) is 1. The number of ether oxygens (including phenoxy) is 1. The number of esters is 1. The molecule has 1 N–H and O–H groups in total. The van der Waals surface area contributed by atoms with Crippen LogP contribution in [0.3, 0.4) is 0 Å². The smallest absolute Gasteiger partial charge is 0.349 e. The molecule has 30 heavy (non-hydrogen) atoms. The quantitative estimate of drug-likeness (QED) is 0.481. The third-order valence-corrected chi connectivity index (χ3v) is 7.41. The molecule has 7 nitrogen and oxygen atoms in total. The van der Waals surface area contributed by atoms with Gasteiger partial charge in [-0.05, 0) is 39.3 Å². The van der Waals surface area contributed by atoms with Crippen LogP contribution in [0, 0.1) is 18.8 Å². The Hall–Kier alpha value is -1.61. The summed E-state index contributed by atoms with van der Waals surface area (Å²) in [6.07, 6.45) is 2.82. The van der Waals surface area contributed by atoms with Crippen molar-refractivity contribution in [2.45, 2.75) is 19.8 Å². The van der Waals surface area contributed by atoms with Gasteiger partial charge in [0.1, 0.15) is 10.6 Å². The number of carbonyl (C=O) groups is 2. The Bertz CT molecular complexity index is 927. The zero-order chi connectivity index (χ0) is 22.0. The van der Waals surface area contributed by atoms with E-state index in [1.54, 1.807) is 13.1 Å². The van der Waals surface area contributed by atoms with Crippen molar-refractivity contribution in [1.82, 2.24) is 14.9 Å². The average Bonchev–Trinajstić information content (AvgIpc) is 3.29. The van der Waals surface area contributed by atoms with E-state index in [2.05, 4.69) is 19.8 Å². The highest BCUT2D eigenvalue weighted by atomic mass is 35.5. The SMILES string of the molecule is COC(=O)c1cnc(N2CCC(CC(=O)c3[nH]c(C)c(Cl)c3Cl)C(CN(C)C)C2)s1. The number of H-pyrrole nitrogens is 1. The minimum absolute atomic E-state index is 0.0144. The van der Waals surface area contributed by atoms with E-state index in [-0.39, 0.29) is 23.6 Å². The molecular weight excluding hydrogens is 447 g/mol. The first kappa shape index (κ1) is 23.1. The van der Waals surface area contributed by atoms with E-state index in [4.69, 9.17) is 27.9 Å². The molecule has 2 atom stereocenters. The minimum atomic E-state index is -0.374. The molecule has 0 aliphatic carbocycles. The molecule has 10 heteroatoms. The van der Waals surface area contributed by atoms with Gasteiger partial charge in [-0.3, -0.25) is 4.79 Å². The fourth-order valence-electron chi connectivity index (χ4n) is 3.91. The number of ketones is 1.